The van der Waals surface area contributed by atoms with E-state index in [0.717, 1.165) is 16.4 Å². The van der Waals surface area contributed by atoms with Crippen molar-refractivity contribution in [2.45, 2.75) is 23.0 Å². The molecule has 0 unspecified atom stereocenters. The summed E-state index contributed by atoms with van der Waals surface area (Å²) in [6.45, 7) is 1.22. The number of piperidine rings is 1. The summed E-state index contributed by atoms with van der Waals surface area (Å²) in [5, 5.41) is 2.37. The van der Waals surface area contributed by atoms with Crippen molar-refractivity contribution in [3.05, 3.63) is 58.7 Å². The molecule has 2 aromatic carbocycles. The average Bonchev–Trinajstić information content (AvgIpc) is 3.26. The predicted molar refractivity (Wildman–Crippen MR) is 118 cm³/mol. The first-order chi connectivity index (χ1) is 14.4. The Morgan fingerprint density at radius 1 is 1.17 bits per heavy atom. The quantitative estimate of drug-likeness (QED) is 0.526. The first kappa shape index (κ1) is 21.1. The summed E-state index contributed by atoms with van der Waals surface area (Å²) in [5.41, 5.74) is 1.48. The average molecular weight is 467 g/mol. The van der Waals surface area contributed by atoms with Gasteiger partial charge in [-0.1, -0.05) is 11.6 Å². The Labute approximate surface area is 184 Å². The van der Waals surface area contributed by atoms with Gasteiger partial charge in [0.05, 0.1) is 28.0 Å². The van der Waals surface area contributed by atoms with Crippen LogP contribution in [0.5, 0.6) is 5.75 Å². The number of rotatable bonds is 5. The Hall–Kier alpha value is -2.16. The van der Waals surface area contributed by atoms with Crippen molar-refractivity contribution in [2.75, 3.05) is 25.1 Å². The maximum atomic E-state index is 13.4. The van der Waals surface area contributed by atoms with Crippen molar-refractivity contribution in [1.29, 1.82) is 0 Å². The van der Waals surface area contributed by atoms with Gasteiger partial charge in [0.15, 0.2) is 15.0 Å². The van der Waals surface area contributed by atoms with Gasteiger partial charge in [0.25, 0.3) is 0 Å². The second-order valence-corrected chi connectivity index (χ2v) is 10.5. The van der Waals surface area contributed by atoms with E-state index in [1.54, 1.807) is 43.5 Å². The van der Waals surface area contributed by atoms with Crippen LogP contribution in [0.25, 0.3) is 11.3 Å². The van der Waals surface area contributed by atoms with Crippen LogP contribution < -0.4 is 9.64 Å². The van der Waals surface area contributed by atoms with E-state index in [0.29, 0.717) is 36.6 Å². The summed E-state index contributed by atoms with van der Waals surface area (Å²) in [5.74, 6) is 0.168. The number of halogens is 2. The molecule has 4 rings (SSSR count). The highest BCUT2D eigenvalue weighted by molar-refractivity contribution is 7.92. The molecule has 0 amide bonds. The van der Waals surface area contributed by atoms with Crippen LogP contribution in [0.2, 0.25) is 5.02 Å². The topological polar surface area (TPSA) is 59.5 Å². The van der Waals surface area contributed by atoms with Crippen LogP contribution in [0.3, 0.4) is 0 Å². The molecule has 0 spiro atoms. The fourth-order valence-corrected chi connectivity index (χ4v) is 6.31. The molecule has 1 saturated heterocycles. The molecule has 0 saturated carbocycles. The summed E-state index contributed by atoms with van der Waals surface area (Å²) in [4.78, 5) is 7.06. The van der Waals surface area contributed by atoms with E-state index >= 15 is 0 Å². The largest absolute Gasteiger partial charge is 0.497 e. The highest BCUT2D eigenvalue weighted by Gasteiger charge is 2.32. The number of nitrogens with zero attached hydrogens (tertiary/aromatic N) is 2. The van der Waals surface area contributed by atoms with Crippen LogP contribution >= 0.6 is 22.9 Å². The third kappa shape index (κ3) is 4.17. The van der Waals surface area contributed by atoms with Gasteiger partial charge in [-0.15, -0.1) is 11.3 Å². The maximum Gasteiger partial charge on any atom is 0.185 e. The molecule has 9 heteroatoms. The Bertz CT molecular complexity index is 1140. The lowest BCUT2D eigenvalue weighted by Crippen LogP contribution is -2.39. The molecule has 0 aliphatic carbocycles. The molecule has 2 heterocycles. The van der Waals surface area contributed by atoms with Crippen molar-refractivity contribution in [2.24, 2.45) is 0 Å². The minimum absolute atomic E-state index is 0.0617. The molecule has 0 atom stereocenters. The summed E-state index contributed by atoms with van der Waals surface area (Å²) in [7, 11) is -1.84. The Balaban J connectivity index is 1.44. The zero-order chi connectivity index (χ0) is 21.3. The predicted octanol–water partition coefficient (Wildman–Crippen LogP) is 5.05. The number of hydrogen-bond acceptors (Lipinski definition) is 6. The number of thiazole rings is 1. The smallest absolute Gasteiger partial charge is 0.185 e. The lowest BCUT2D eigenvalue weighted by molar-refractivity contribution is 0.414. The van der Waals surface area contributed by atoms with Gasteiger partial charge in [-0.3, -0.25) is 0 Å². The molecule has 1 aliphatic rings. The fraction of sp³-hybridized carbons (Fsp3) is 0.286. The number of benzene rings is 2. The minimum atomic E-state index is -3.39. The Morgan fingerprint density at radius 3 is 2.50 bits per heavy atom. The second kappa shape index (κ2) is 8.53. The lowest BCUT2D eigenvalue weighted by atomic mass is 10.1. The third-order valence-electron chi connectivity index (χ3n) is 5.25. The first-order valence-electron chi connectivity index (χ1n) is 9.42. The van der Waals surface area contributed by atoms with E-state index < -0.39 is 20.9 Å². The maximum absolute atomic E-state index is 13.4. The number of ether oxygens (including phenoxy) is 1. The molecule has 30 heavy (non-hydrogen) atoms. The zero-order valence-electron chi connectivity index (χ0n) is 16.2. The van der Waals surface area contributed by atoms with Crippen LogP contribution in [-0.4, -0.2) is 38.9 Å². The molecule has 1 aromatic heterocycles. The van der Waals surface area contributed by atoms with Gasteiger partial charge >= 0.3 is 0 Å². The van der Waals surface area contributed by atoms with Gasteiger partial charge in [0.1, 0.15) is 11.6 Å². The fourth-order valence-electron chi connectivity index (χ4n) is 3.51. The number of hydrogen-bond donors (Lipinski definition) is 0. The number of aromatic nitrogens is 1. The van der Waals surface area contributed by atoms with Crippen LogP contribution in [0, 0.1) is 5.82 Å². The van der Waals surface area contributed by atoms with Crippen molar-refractivity contribution in [3.8, 4) is 17.0 Å². The highest BCUT2D eigenvalue weighted by atomic mass is 35.5. The monoisotopic (exact) mass is 466 g/mol. The van der Waals surface area contributed by atoms with E-state index in [4.69, 9.17) is 16.3 Å². The minimum Gasteiger partial charge on any atom is -0.497 e. The summed E-state index contributed by atoms with van der Waals surface area (Å²) in [6.07, 6.45) is 1.07. The lowest BCUT2D eigenvalue weighted by Gasteiger charge is -2.31. The summed E-state index contributed by atoms with van der Waals surface area (Å²) >= 11 is 7.36. The van der Waals surface area contributed by atoms with E-state index in [-0.39, 0.29) is 5.02 Å². The van der Waals surface area contributed by atoms with Crippen molar-refractivity contribution in [1.82, 2.24) is 4.98 Å². The van der Waals surface area contributed by atoms with E-state index in [1.165, 1.54) is 17.4 Å². The Kier molecular flexibility index (Phi) is 5.99. The summed E-state index contributed by atoms with van der Waals surface area (Å²) in [6, 6.07) is 11.1. The van der Waals surface area contributed by atoms with E-state index in [9.17, 15) is 12.8 Å². The van der Waals surface area contributed by atoms with Crippen molar-refractivity contribution >= 4 is 37.9 Å². The van der Waals surface area contributed by atoms with Crippen molar-refractivity contribution in [3.63, 3.8) is 0 Å². The van der Waals surface area contributed by atoms with Gasteiger partial charge < -0.3 is 9.64 Å². The van der Waals surface area contributed by atoms with Gasteiger partial charge in [-0.05, 0) is 55.3 Å². The molecule has 5 nitrogen and oxygen atoms in total. The molecule has 158 valence electrons. The second-order valence-electron chi connectivity index (χ2n) is 7.05. The van der Waals surface area contributed by atoms with Gasteiger partial charge in [-0.25, -0.2) is 17.8 Å². The van der Waals surface area contributed by atoms with Crippen LogP contribution in [0.4, 0.5) is 9.52 Å². The van der Waals surface area contributed by atoms with E-state index in [2.05, 4.69) is 9.88 Å². The molecular formula is C21H20ClFN2O3S2. The van der Waals surface area contributed by atoms with Gasteiger partial charge in [-0.2, -0.15) is 0 Å². The molecule has 1 fully saturated rings. The number of methoxy groups -OCH3 is 1. The van der Waals surface area contributed by atoms with Crippen LogP contribution in [0.15, 0.2) is 52.7 Å². The highest BCUT2D eigenvalue weighted by Crippen LogP contribution is 2.33. The Morgan fingerprint density at radius 2 is 1.87 bits per heavy atom. The SMILES string of the molecule is COc1ccc(S(=O)(=O)C2CCN(c3nc(-c4ccc(F)c(Cl)c4)cs3)CC2)cc1. The van der Waals surface area contributed by atoms with Gasteiger partial charge in [0.2, 0.25) is 0 Å². The molecule has 0 N–H and O–H groups in total. The molecule has 0 radical (unpaired) electrons. The molecule has 0 bridgehead atoms. The van der Waals surface area contributed by atoms with Crippen molar-refractivity contribution < 1.29 is 17.5 Å². The third-order valence-corrected chi connectivity index (χ3v) is 8.72. The summed E-state index contributed by atoms with van der Waals surface area (Å²) < 4.78 is 44.4. The molecule has 1 aliphatic heterocycles. The number of anilines is 1. The van der Waals surface area contributed by atoms with Crippen LogP contribution in [0.1, 0.15) is 12.8 Å². The molecular weight excluding hydrogens is 447 g/mol. The van der Waals surface area contributed by atoms with Crippen LogP contribution in [-0.2, 0) is 9.84 Å². The standard InChI is InChI=1S/C21H20ClFN2O3S2/c1-28-15-3-5-16(6-4-15)30(26,27)17-8-10-25(11-9-17)21-24-20(13-29-21)14-2-7-19(23)18(22)12-14/h2-7,12-13,17H,8-11H2,1H3. The first-order valence-corrected chi connectivity index (χ1v) is 12.2. The van der Waals surface area contributed by atoms with Gasteiger partial charge in [0, 0.05) is 24.0 Å². The molecule has 3 aromatic rings. The number of sulfone groups is 1. The zero-order valence-corrected chi connectivity index (χ0v) is 18.6. The van der Waals surface area contributed by atoms with E-state index in [1.807, 2.05) is 5.38 Å². The normalized spacial score (nSPS) is 15.4.